The molecular weight excluding hydrogens is 448 g/mol. The topological polar surface area (TPSA) is 3.24 Å². The molecule has 130 valence electrons. The van der Waals surface area contributed by atoms with Gasteiger partial charge in [-0.05, 0) is 46.4 Å². The quantitative estimate of drug-likeness (QED) is 0.424. The van der Waals surface area contributed by atoms with Crippen LogP contribution in [0, 0.1) is 5.82 Å². The molecule has 0 N–H and O–H groups in total. The lowest BCUT2D eigenvalue weighted by Crippen LogP contribution is -2.21. The first kappa shape index (κ1) is 19.7. The van der Waals surface area contributed by atoms with Crippen molar-refractivity contribution in [3.63, 3.8) is 0 Å². The summed E-state index contributed by atoms with van der Waals surface area (Å²) in [6.07, 6.45) is 2.02. The van der Waals surface area contributed by atoms with Gasteiger partial charge in [-0.3, -0.25) is 0 Å². The Hall–Kier alpha value is -1.59. The van der Waals surface area contributed by atoms with Crippen molar-refractivity contribution in [2.24, 2.45) is 0 Å². The molecule has 0 amide bonds. The number of likely N-dealkylation sites (N-methyl/N-ethyl adjacent to an activating group) is 1. The van der Waals surface area contributed by atoms with Gasteiger partial charge in [-0.25, -0.2) is 4.39 Å². The van der Waals surface area contributed by atoms with Gasteiger partial charge in [0, 0.05) is 21.9 Å². The van der Waals surface area contributed by atoms with Crippen LogP contribution in [0.5, 0.6) is 0 Å². The highest BCUT2D eigenvalue weighted by molar-refractivity contribution is 14.1. The molecule has 4 heteroatoms. The second kappa shape index (κ2) is 8.68. The molecule has 0 bridgehead atoms. The van der Waals surface area contributed by atoms with E-state index in [0.29, 0.717) is 10.6 Å². The first-order valence-corrected chi connectivity index (χ1v) is 9.50. The van der Waals surface area contributed by atoms with Crippen molar-refractivity contribution in [2.75, 3.05) is 7.05 Å². The molecule has 0 aromatic heterocycles. The van der Waals surface area contributed by atoms with Gasteiger partial charge in [0.25, 0.3) is 0 Å². The molecule has 0 radical (unpaired) electrons. The van der Waals surface area contributed by atoms with Gasteiger partial charge >= 0.3 is 0 Å². The van der Waals surface area contributed by atoms with Gasteiger partial charge in [-0.15, -0.1) is 0 Å². The minimum Gasteiger partial charge on any atom is -0.343 e. The standard InChI is InChI=1S/C19H14ClFIN.C2H6/c1-12-17(22)11-14(13-7-4-3-5-8-13)19(23(12)2)18-15(20)9-6-10-16(18)21;1-2/h3-11H,1H2,2H3;1-2H3. The summed E-state index contributed by atoms with van der Waals surface area (Å²) in [6, 6.07) is 14.6. The molecule has 0 saturated carbocycles. The van der Waals surface area contributed by atoms with Crippen LogP contribution in [-0.2, 0) is 0 Å². The minimum atomic E-state index is -0.342. The van der Waals surface area contributed by atoms with Crippen LogP contribution >= 0.6 is 34.2 Å². The number of rotatable bonds is 2. The molecule has 0 aliphatic carbocycles. The van der Waals surface area contributed by atoms with E-state index in [9.17, 15) is 4.39 Å². The van der Waals surface area contributed by atoms with E-state index in [-0.39, 0.29) is 5.82 Å². The molecule has 2 aromatic rings. The molecule has 2 aromatic carbocycles. The molecule has 1 heterocycles. The van der Waals surface area contributed by atoms with Gasteiger partial charge in [0.15, 0.2) is 0 Å². The lowest BCUT2D eigenvalue weighted by molar-refractivity contribution is 0.588. The zero-order chi connectivity index (χ0) is 18.6. The number of hydrogen-bond donors (Lipinski definition) is 0. The third-order valence-corrected chi connectivity index (χ3v) is 5.08. The van der Waals surface area contributed by atoms with E-state index in [0.717, 1.165) is 26.1 Å². The number of halogens is 3. The molecule has 0 fully saturated rings. The Morgan fingerprint density at radius 3 is 2.28 bits per heavy atom. The van der Waals surface area contributed by atoms with Crippen LogP contribution in [0.25, 0.3) is 11.3 Å². The Bertz CT molecular complexity index is 820. The molecule has 1 aliphatic rings. The number of allylic oxidation sites excluding steroid dienone is 3. The molecule has 0 saturated heterocycles. The Morgan fingerprint density at radius 1 is 1.04 bits per heavy atom. The van der Waals surface area contributed by atoms with Crippen molar-refractivity contribution in [3.05, 3.63) is 92.4 Å². The van der Waals surface area contributed by atoms with Gasteiger partial charge in [-0.2, -0.15) is 0 Å². The summed E-state index contributed by atoms with van der Waals surface area (Å²) in [6.45, 7) is 8.09. The third-order valence-electron chi connectivity index (χ3n) is 3.83. The van der Waals surface area contributed by atoms with Crippen LogP contribution < -0.4 is 0 Å². The first-order valence-electron chi connectivity index (χ1n) is 8.05. The zero-order valence-electron chi connectivity index (χ0n) is 14.5. The van der Waals surface area contributed by atoms with E-state index in [1.165, 1.54) is 6.07 Å². The summed E-state index contributed by atoms with van der Waals surface area (Å²) in [5, 5.41) is 0.387. The highest BCUT2D eigenvalue weighted by Gasteiger charge is 2.26. The normalized spacial score (nSPS) is 14.1. The molecule has 25 heavy (non-hydrogen) atoms. The molecule has 0 unspecified atom stereocenters. The molecule has 3 rings (SSSR count). The molecular formula is C21H20ClFIN. The van der Waals surface area contributed by atoms with E-state index in [1.807, 2.05) is 62.2 Å². The number of nitrogens with zero attached hydrogens (tertiary/aromatic N) is 1. The van der Waals surface area contributed by atoms with Crippen molar-refractivity contribution in [2.45, 2.75) is 13.8 Å². The third kappa shape index (κ3) is 3.98. The van der Waals surface area contributed by atoms with Crippen LogP contribution in [0.2, 0.25) is 5.02 Å². The molecule has 1 aliphatic heterocycles. The van der Waals surface area contributed by atoms with E-state index in [2.05, 4.69) is 29.2 Å². The Morgan fingerprint density at radius 2 is 1.68 bits per heavy atom. The summed E-state index contributed by atoms with van der Waals surface area (Å²) < 4.78 is 15.5. The maximum Gasteiger partial charge on any atom is 0.134 e. The smallest absolute Gasteiger partial charge is 0.134 e. The second-order valence-electron chi connectivity index (χ2n) is 5.22. The van der Waals surface area contributed by atoms with Crippen molar-refractivity contribution in [3.8, 4) is 0 Å². The van der Waals surface area contributed by atoms with E-state index in [4.69, 9.17) is 11.6 Å². The van der Waals surface area contributed by atoms with Gasteiger partial charge in [0.1, 0.15) is 5.82 Å². The lowest BCUT2D eigenvalue weighted by Gasteiger charge is -2.32. The summed E-state index contributed by atoms with van der Waals surface area (Å²) in [5.74, 6) is -0.342. The van der Waals surface area contributed by atoms with Crippen LogP contribution in [0.3, 0.4) is 0 Å². The van der Waals surface area contributed by atoms with Crippen molar-refractivity contribution in [1.29, 1.82) is 0 Å². The number of hydrogen-bond acceptors (Lipinski definition) is 1. The Balaban J connectivity index is 0.00000109. The largest absolute Gasteiger partial charge is 0.343 e. The van der Waals surface area contributed by atoms with Gasteiger partial charge in [0.2, 0.25) is 0 Å². The summed E-state index contributed by atoms with van der Waals surface area (Å²) in [7, 11) is 1.88. The van der Waals surface area contributed by atoms with Crippen molar-refractivity contribution < 1.29 is 4.39 Å². The molecule has 0 spiro atoms. The summed E-state index contributed by atoms with van der Waals surface area (Å²) >= 11 is 8.56. The number of benzene rings is 2. The SMILES string of the molecule is C=C1C(I)=CC(c2ccccc2)=C(c2c(F)cccc2Cl)N1C.CC. The Labute approximate surface area is 167 Å². The second-order valence-corrected chi connectivity index (χ2v) is 6.79. The van der Waals surface area contributed by atoms with Crippen molar-refractivity contribution in [1.82, 2.24) is 4.90 Å². The Kier molecular flexibility index (Phi) is 6.85. The fourth-order valence-corrected chi connectivity index (χ4v) is 3.54. The zero-order valence-corrected chi connectivity index (χ0v) is 17.4. The monoisotopic (exact) mass is 467 g/mol. The molecule has 0 atom stereocenters. The average Bonchev–Trinajstić information content (AvgIpc) is 2.63. The maximum absolute atomic E-state index is 14.5. The van der Waals surface area contributed by atoms with E-state index in [1.54, 1.807) is 12.1 Å². The predicted molar refractivity (Wildman–Crippen MR) is 115 cm³/mol. The maximum atomic E-state index is 14.5. The summed E-state index contributed by atoms with van der Waals surface area (Å²) in [4.78, 5) is 1.90. The summed E-state index contributed by atoms with van der Waals surface area (Å²) in [5.41, 5.74) is 3.88. The van der Waals surface area contributed by atoms with E-state index < -0.39 is 0 Å². The van der Waals surface area contributed by atoms with E-state index >= 15 is 0 Å². The van der Waals surface area contributed by atoms with Gasteiger partial charge in [-0.1, -0.05) is 68.4 Å². The van der Waals surface area contributed by atoms with Crippen molar-refractivity contribution >= 4 is 45.5 Å². The van der Waals surface area contributed by atoms with Crippen LogP contribution in [0.1, 0.15) is 25.0 Å². The average molecular weight is 468 g/mol. The van der Waals surface area contributed by atoms with Crippen LogP contribution in [0.4, 0.5) is 4.39 Å². The van der Waals surface area contributed by atoms with Gasteiger partial charge < -0.3 is 4.90 Å². The first-order chi connectivity index (χ1) is 12.0. The minimum absolute atomic E-state index is 0.342. The lowest BCUT2D eigenvalue weighted by atomic mass is 9.95. The van der Waals surface area contributed by atoms with Gasteiger partial charge in [0.05, 0.1) is 16.3 Å². The highest BCUT2D eigenvalue weighted by atomic mass is 127. The fourth-order valence-electron chi connectivity index (χ4n) is 2.62. The predicted octanol–water partition coefficient (Wildman–Crippen LogP) is 7.15. The van der Waals surface area contributed by atoms with Crippen LogP contribution in [0.15, 0.2) is 70.5 Å². The van der Waals surface area contributed by atoms with Crippen LogP contribution in [-0.4, -0.2) is 11.9 Å². The fraction of sp³-hybridized carbons (Fsp3) is 0.143. The molecule has 1 nitrogen and oxygen atoms in total. The highest BCUT2D eigenvalue weighted by Crippen LogP contribution is 2.42.